The zero-order chi connectivity index (χ0) is 14.4. The van der Waals surface area contributed by atoms with Crippen LogP contribution in [0.5, 0.6) is 0 Å². The molecule has 5 heteroatoms. The van der Waals surface area contributed by atoms with E-state index in [1.54, 1.807) is 0 Å². The van der Waals surface area contributed by atoms with Gasteiger partial charge in [0.05, 0.1) is 12.0 Å². The van der Waals surface area contributed by atoms with Gasteiger partial charge in [0.25, 0.3) is 0 Å². The predicted octanol–water partition coefficient (Wildman–Crippen LogP) is 2.94. The number of hydrogen-bond acceptors (Lipinski definition) is 3. The number of aromatic nitrogens is 4. The molecule has 0 aliphatic carbocycles. The fourth-order valence-electron chi connectivity index (χ4n) is 2.26. The van der Waals surface area contributed by atoms with Crippen LogP contribution in [0.3, 0.4) is 0 Å². The van der Waals surface area contributed by atoms with Crippen LogP contribution in [0.1, 0.15) is 32.4 Å². The lowest BCUT2D eigenvalue weighted by Crippen LogP contribution is -2.11. The molecule has 5 nitrogen and oxygen atoms in total. The fourth-order valence-corrected chi connectivity index (χ4v) is 2.26. The molecule has 2 aromatic heterocycles. The Balaban J connectivity index is 1.73. The summed E-state index contributed by atoms with van der Waals surface area (Å²) in [5.74, 6) is 1.63. The second-order valence-electron chi connectivity index (χ2n) is 5.69. The van der Waals surface area contributed by atoms with E-state index < -0.39 is 0 Å². The summed E-state index contributed by atoms with van der Waals surface area (Å²) in [6, 6.07) is 0. The molecule has 2 rings (SSSR count). The first kappa shape index (κ1) is 14.6. The van der Waals surface area contributed by atoms with E-state index in [-0.39, 0.29) is 0 Å². The molecule has 1 N–H and O–H groups in total. The number of aryl methyl sites for hydroxylation is 2. The van der Waals surface area contributed by atoms with Crippen LogP contribution in [-0.4, -0.2) is 25.6 Å². The summed E-state index contributed by atoms with van der Waals surface area (Å²) in [6.45, 7) is 9.50. The molecule has 0 saturated heterocycles. The van der Waals surface area contributed by atoms with Crippen LogP contribution in [0.4, 0.5) is 5.95 Å². The molecule has 20 heavy (non-hydrogen) atoms. The topological polar surface area (TPSA) is 47.7 Å². The van der Waals surface area contributed by atoms with Crippen LogP contribution in [-0.2, 0) is 13.1 Å². The van der Waals surface area contributed by atoms with E-state index in [1.165, 1.54) is 0 Å². The van der Waals surface area contributed by atoms with Gasteiger partial charge in [-0.15, -0.1) is 0 Å². The van der Waals surface area contributed by atoms with Crippen molar-refractivity contribution in [1.29, 1.82) is 0 Å². The summed E-state index contributed by atoms with van der Waals surface area (Å²) < 4.78 is 4.33. The van der Waals surface area contributed by atoms with E-state index in [2.05, 4.69) is 44.5 Å². The SMILES string of the molecule is Cc1cn(CC(C)C)c(NCCCCn2ccnc2)n1. The minimum atomic E-state index is 0.630. The van der Waals surface area contributed by atoms with E-state index in [1.807, 2.05) is 25.6 Å². The van der Waals surface area contributed by atoms with Gasteiger partial charge in [-0.1, -0.05) is 13.8 Å². The lowest BCUT2D eigenvalue weighted by Gasteiger charge is -2.11. The standard InChI is InChI=1S/C15H25N5/c1-13(2)10-20-11-14(3)18-15(20)17-6-4-5-8-19-9-7-16-12-19/h7,9,11-13H,4-6,8,10H2,1-3H3,(H,17,18). The van der Waals surface area contributed by atoms with Gasteiger partial charge in [-0.2, -0.15) is 0 Å². The Labute approximate surface area is 121 Å². The Morgan fingerprint density at radius 3 is 2.85 bits per heavy atom. The second-order valence-corrected chi connectivity index (χ2v) is 5.69. The highest BCUT2D eigenvalue weighted by Gasteiger charge is 2.06. The summed E-state index contributed by atoms with van der Waals surface area (Å²) in [5, 5.41) is 3.45. The van der Waals surface area contributed by atoms with Gasteiger partial charge in [0.2, 0.25) is 5.95 Å². The van der Waals surface area contributed by atoms with E-state index >= 15 is 0 Å². The van der Waals surface area contributed by atoms with Gasteiger partial charge in [-0.3, -0.25) is 0 Å². The van der Waals surface area contributed by atoms with E-state index in [4.69, 9.17) is 0 Å². The lowest BCUT2D eigenvalue weighted by atomic mass is 10.2. The van der Waals surface area contributed by atoms with Crippen LogP contribution < -0.4 is 5.32 Å². The smallest absolute Gasteiger partial charge is 0.203 e. The van der Waals surface area contributed by atoms with Crippen molar-refractivity contribution in [2.75, 3.05) is 11.9 Å². The van der Waals surface area contributed by atoms with Crippen molar-refractivity contribution >= 4 is 5.95 Å². The maximum Gasteiger partial charge on any atom is 0.203 e. The Morgan fingerprint density at radius 2 is 2.15 bits per heavy atom. The number of rotatable bonds is 8. The van der Waals surface area contributed by atoms with E-state index in [0.717, 1.165) is 44.1 Å². The van der Waals surface area contributed by atoms with Gasteiger partial charge in [0, 0.05) is 38.2 Å². The summed E-state index contributed by atoms with van der Waals surface area (Å²) >= 11 is 0. The number of anilines is 1. The number of hydrogen-bond donors (Lipinski definition) is 1. The van der Waals surface area contributed by atoms with Crippen LogP contribution >= 0.6 is 0 Å². The molecule has 0 aliphatic heterocycles. The molecule has 0 saturated carbocycles. The Hall–Kier alpha value is -1.78. The lowest BCUT2D eigenvalue weighted by molar-refractivity contribution is 0.525. The number of nitrogens with one attached hydrogen (secondary N) is 1. The van der Waals surface area contributed by atoms with Crippen LogP contribution in [0, 0.1) is 12.8 Å². The first-order valence-electron chi connectivity index (χ1n) is 7.38. The molecule has 0 bridgehead atoms. The number of unbranched alkanes of at least 4 members (excludes halogenated alkanes) is 1. The minimum Gasteiger partial charge on any atom is -0.356 e. The summed E-state index contributed by atoms with van der Waals surface area (Å²) in [6.07, 6.45) is 10.1. The average Bonchev–Trinajstić information content (AvgIpc) is 2.99. The quantitative estimate of drug-likeness (QED) is 0.754. The molecule has 0 amide bonds. The molecule has 0 fully saturated rings. The summed E-state index contributed by atoms with van der Waals surface area (Å²) in [7, 11) is 0. The zero-order valence-corrected chi connectivity index (χ0v) is 12.7. The predicted molar refractivity (Wildman–Crippen MR) is 81.8 cm³/mol. The van der Waals surface area contributed by atoms with Crippen LogP contribution in [0.2, 0.25) is 0 Å². The number of imidazole rings is 2. The van der Waals surface area contributed by atoms with Crippen molar-refractivity contribution in [2.45, 2.75) is 46.7 Å². The van der Waals surface area contributed by atoms with E-state index in [9.17, 15) is 0 Å². The van der Waals surface area contributed by atoms with E-state index in [0.29, 0.717) is 5.92 Å². The molecule has 2 aromatic rings. The zero-order valence-electron chi connectivity index (χ0n) is 12.7. The normalized spacial score (nSPS) is 11.2. The van der Waals surface area contributed by atoms with Crippen molar-refractivity contribution in [1.82, 2.24) is 19.1 Å². The highest BCUT2D eigenvalue weighted by Crippen LogP contribution is 2.11. The van der Waals surface area contributed by atoms with Gasteiger partial charge < -0.3 is 14.5 Å². The van der Waals surface area contributed by atoms with Crippen molar-refractivity contribution in [3.8, 4) is 0 Å². The molecular weight excluding hydrogens is 250 g/mol. The Kier molecular flexibility index (Phi) is 5.21. The molecule has 0 unspecified atom stereocenters. The largest absolute Gasteiger partial charge is 0.356 e. The Bertz CT molecular complexity index is 498. The number of nitrogens with zero attached hydrogens (tertiary/aromatic N) is 4. The fraction of sp³-hybridized carbons (Fsp3) is 0.600. The molecule has 110 valence electrons. The van der Waals surface area contributed by atoms with Gasteiger partial charge in [-0.05, 0) is 25.7 Å². The highest BCUT2D eigenvalue weighted by atomic mass is 15.2. The molecule has 0 aliphatic rings. The van der Waals surface area contributed by atoms with Gasteiger partial charge in [-0.25, -0.2) is 9.97 Å². The molecule has 2 heterocycles. The third-order valence-corrected chi connectivity index (χ3v) is 3.14. The second kappa shape index (κ2) is 7.12. The van der Waals surface area contributed by atoms with Crippen molar-refractivity contribution in [3.63, 3.8) is 0 Å². The first-order chi connectivity index (χ1) is 9.65. The third-order valence-electron chi connectivity index (χ3n) is 3.14. The summed E-state index contributed by atoms with van der Waals surface area (Å²) in [4.78, 5) is 8.59. The monoisotopic (exact) mass is 275 g/mol. The first-order valence-corrected chi connectivity index (χ1v) is 7.38. The van der Waals surface area contributed by atoms with Crippen LogP contribution in [0.15, 0.2) is 24.9 Å². The van der Waals surface area contributed by atoms with Crippen molar-refractivity contribution in [2.24, 2.45) is 5.92 Å². The van der Waals surface area contributed by atoms with Gasteiger partial charge in [0.1, 0.15) is 0 Å². The summed E-state index contributed by atoms with van der Waals surface area (Å²) in [5.41, 5.74) is 1.08. The molecular formula is C15H25N5. The van der Waals surface area contributed by atoms with Crippen molar-refractivity contribution < 1.29 is 0 Å². The maximum atomic E-state index is 4.55. The van der Waals surface area contributed by atoms with Crippen LogP contribution in [0.25, 0.3) is 0 Å². The molecule has 0 spiro atoms. The molecule has 0 aromatic carbocycles. The third kappa shape index (κ3) is 4.40. The molecule has 0 radical (unpaired) electrons. The maximum absolute atomic E-state index is 4.55. The highest BCUT2D eigenvalue weighted by molar-refractivity contribution is 5.28. The Morgan fingerprint density at radius 1 is 1.30 bits per heavy atom. The minimum absolute atomic E-state index is 0.630. The van der Waals surface area contributed by atoms with Gasteiger partial charge >= 0.3 is 0 Å². The van der Waals surface area contributed by atoms with Crippen molar-refractivity contribution in [3.05, 3.63) is 30.6 Å². The van der Waals surface area contributed by atoms with Gasteiger partial charge in [0.15, 0.2) is 0 Å². The molecule has 0 atom stereocenters. The average molecular weight is 275 g/mol.